The monoisotopic (exact) mass is 384 g/mol. The number of hydrogen-bond acceptors (Lipinski definition) is 3. The number of carbonyl (C=O) groups is 1. The summed E-state index contributed by atoms with van der Waals surface area (Å²) in [7, 11) is -3.88. The number of amides is 1. The molecule has 1 aliphatic heterocycles. The lowest BCUT2D eigenvalue weighted by molar-refractivity contribution is 0.0693. The van der Waals surface area contributed by atoms with Crippen molar-refractivity contribution in [3.8, 4) is 0 Å². The summed E-state index contributed by atoms with van der Waals surface area (Å²) < 4.78 is 66.2. The number of rotatable bonds is 3. The smallest absolute Gasteiger partial charge is 0.256 e. The van der Waals surface area contributed by atoms with E-state index in [9.17, 15) is 26.4 Å². The summed E-state index contributed by atoms with van der Waals surface area (Å²) in [5, 5.41) is 0. The number of hydrogen-bond donors (Lipinski definition) is 0. The second kappa shape index (κ2) is 7.08. The molecule has 0 atom stereocenters. The van der Waals surface area contributed by atoms with Crippen molar-refractivity contribution in [3.63, 3.8) is 0 Å². The molecule has 0 N–H and O–H groups in total. The zero-order chi connectivity index (χ0) is 18.9. The average molecular weight is 384 g/mol. The molecule has 26 heavy (non-hydrogen) atoms. The number of carbonyl (C=O) groups excluding carboxylic acids is 1. The molecule has 1 aliphatic rings. The Morgan fingerprint density at radius 3 is 2.15 bits per heavy atom. The molecule has 0 radical (unpaired) electrons. The Morgan fingerprint density at radius 2 is 1.54 bits per heavy atom. The number of halogens is 3. The van der Waals surface area contributed by atoms with Crippen molar-refractivity contribution in [1.82, 2.24) is 9.21 Å². The maximum atomic E-state index is 13.8. The summed E-state index contributed by atoms with van der Waals surface area (Å²) in [6, 6.07) is 7.35. The molecule has 5 nitrogen and oxygen atoms in total. The van der Waals surface area contributed by atoms with E-state index in [-0.39, 0.29) is 36.6 Å². The van der Waals surface area contributed by atoms with Crippen LogP contribution in [0.15, 0.2) is 47.4 Å². The number of benzene rings is 2. The fraction of sp³-hybridized carbons (Fsp3) is 0.235. The lowest BCUT2D eigenvalue weighted by atomic mass is 10.1. The fourth-order valence-corrected chi connectivity index (χ4v) is 4.20. The van der Waals surface area contributed by atoms with Gasteiger partial charge in [-0.05, 0) is 30.3 Å². The Bertz CT molecular complexity index is 942. The molecule has 0 spiro atoms. The van der Waals surface area contributed by atoms with Gasteiger partial charge in [0.1, 0.15) is 17.5 Å². The van der Waals surface area contributed by atoms with Crippen LogP contribution in [0.4, 0.5) is 13.2 Å². The minimum absolute atomic E-state index is 0.00655. The maximum absolute atomic E-state index is 13.8. The first-order chi connectivity index (χ1) is 12.3. The fourth-order valence-electron chi connectivity index (χ4n) is 2.74. The van der Waals surface area contributed by atoms with Crippen molar-refractivity contribution in [1.29, 1.82) is 0 Å². The molecule has 1 fully saturated rings. The third kappa shape index (κ3) is 3.58. The highest BCUT2D eigenvalue weighted by atomic mass is 32.2. The minimum Gasteiger partial charge on any atom is -0.336 e. The van der Waals surface area contributed by atoms with Crippen molar-refractivity contribution in [3.05, 3.63) is 65.5 Å². The van der Waals surface area contributed by atoms with Crippen LogP contribution in [0.3, 0.4) is 0 Å². The van der Waals surface area contributed by atoms with Crippen molar-refractivity contribution in [2.24, 2.45) is 0 Å². The van der Waals surface area contributed by atoms with Crippen LogP contribution in [-0.4, -0.2) is 49.7 Å². The van der Waals surface area contributed by atoms with E-state index in [0.717, 1.165) is 28.6 Å². The van der Waals surface area contributed by atoms with E-state index in [1.807, 2.05) is 0 Å². The van der Waals surface area contributed by atoms with Crippen molar-refractivity contribution in [2.75, 3.05) is 26.2 Å². The van der Waals surface area contributed by atoms with Crippen LogP contribution in [0.2, 0.25) is 0 Å². The van der Waals surface area contributed by atoms with E-state index in [4.69, 9.17) is 0 Å². The zero-order valence-corrected chi connectivity index (χ0v) is 14.3. The SMILES string of the molecule is O=C(c1ccc(F)cc1F)N1CCN(S(=O)(=O)c2cccc(F)c2)CC1. The van der Waals surface area contributed by atoms with Crippen LogP contribution >= 0.6 is 0 Å². The van der Waals surface area contributed by atoms with Gasteiger partial charge in [-0.15, -0.1) is 0 Å². The molecule has 0 bridgehead atoms. The summed E-state index contributed by atoms with van der Waals surface area (Å²) in [6.45, 7) is 0.0786. The summed E-state index contributed by atoms with van der Waals surface area (Å²) in [6.07, 6.45) is 0. The largest absolute Gasteiger partial charge is 0.336 e. The lowest BCUT2D eigenvalue weighted by Crippen LogP contribution is -2.50. The second-order valence-electron chi connectivity index (χ2n) is 5.78. The van der Waals surface area contributed by atoms with Gasteiger partial charge in [0.25, 0.3) is 5.91 Å². The molecule has 0 unspecified atom stereocenters. The van der Waals surface area contributed by atoms with Gasteiger partial charge in [0, 0.05) is 32.2 Å². The van der Waals surface area contributed by atoms with Gasteiger partial charge in [0.05, 0.1) is 10.5 Å². The lowest BCUT2D eigenvalue weighted by Gasteiger charge is -2.34. The molecule has 0 aliphatic carbocycles. The molecule has 9 heteroatoms. The van der Waals surface area contributed by atoms with Gasteiger partial charge in [-0.3, -0.25) is 4.79 Å². The maximum Gasteiger partial charge on any atom is 0.256 e. The molecule has 0 aromatic heterocycles. The normalized spacial score (nSPS) is 15.9. The summed E-state index contributed by atoms with van der Waals surface area (Å²) in [5.74, 6) is -3.05. The zero-order valence-electron chi connectivity index (χ0n) is 13.5. The van der Waals surface area contributed by atoms with Crippen molar-refractivity contribution >= 4 is 15.9 Å². The van der Waals surface area contributed by atoms with Crippen LogP contribution in [0.25, 0.3) is 0 Å². The second-order valence-corrected chi connectivity index (χ2v) is 7.72. The van der Waals surface area contributed by atoms with Crippen molar-refractivity contribution < 1.29 is 26.4 Å². The Balaban J connectivity index is 1.72. The van der Waals surface area contributed by atoms with Crippen molar-refractivity contribution in [2.45, 2.75) is 4.90 Å². The summed E-state index contributed by atoms with van der Waals surface area (Å²) in [4.78, 5) is 13.5. The number of sulfonamides is 1. The molecule has 1 heterocycles. The van der Waals surface area contributed by atoms with Crippen LogP contribution in [-0.2, 0) is 10.0 Å². The average Bonchev–Trinajstić information content (AvgIpc) is 2.61. The number of nitrogens with zero attached hydrogens (tertiary/aromatic N) is 2. The van der Waals surface area contributed by atoms with Crippen LogP contribution in [0.1, 0.15) is 10.4 Å². The number of piperazine rings is 1. The molecule has 0 saturated carbocycles. The van der Waals surface area contributed by atoms with Gasteiger partial charge in [-0.1, -0.05) is 6.07 Å². The van der Waals surface area contributed by atoms with E-state index in [2.05, 4.69) is 0 Å². The van der Waals surface area contributed by atoms with Gasteiger partial charge in [0.15, 0.2) is 0 Å². The molecular weight excluding hydrogens is 369 g/mol. The van der Waals surface area contributed by atoms with E-state index in [1.54, 1.807) is 0 Å². The highest BCUT2D eigenvalue weighted by Crippen LogP contribution is 2.20. The van der Waals surface area contributed by atoms with Gasteiger partial charge in [-0.2, -0.15) is 4.31 Å². The van der Waals surface area contributed by atoms with E-state index < -0.39 is 33.4 Å². The van der Waals surface area contributed by atoms with Gasteiger partial charge >= 0.3 is 0 Å². The van der Waals surface area contributed by atoms with E-state index >= 15 is 0 Å². The predicted molar refractivity (Wildman–Crippen MR) is 87.4 cm³/mol. The third-order valence-electron chi connectivity index (χ3n) is 4.12. The van der Waals surface area contributed by atoms with Crippen LogP contribution < -0.4 is 0 Å². The topological polar surface area (TPSA) is 57.7 Å². The first-order valence-electron chi connectivity index (χ1n) is 7.79. The van der Waals surface area contributed by atoms with Gasteiger partial charge in [0.2, 0.25) is 10.0 Å². The van der Waals surface area contributed by atoms with Crippen LogP contribution in [0.5, 0.6) is 0 Å². The Labute approximate surface area is 148 Å². The summed E-state index contributed by atoms with van der Waals surface area (Å²) >= 11 is 0. The first-order valence-corrected chi connectivity index (χ1v) is 9.23. The van der Waals surface area contributed by atoms with E-state index in [1.165, 1.54) is 17.0 Å². The highest BCUT2D eigenvalue weighted by Gasteiger charge is 2.31. The first kappa shape index (κ1) is 18.4. The molecule has 138 valence electrons. The third-order valence-corrected chi connectivity index (χ3v) is 6.02. The quantitative estimate of drug-likeness (QED) is 0.816. The highest BCUT2D eigenvalue weighted by molar-refractivity contribution is 7.89. The minimum atomic E-state index is -3.88. The summed E-state index contributed by atoms with van der Waals surface area (Å²) in [5.41, 5.74) is -0.271. The Kier molecular flexibility index (Phi) is 5.01. The molecular formula is C17H15F3N2O3S. The van der Waals surface area contributed by atoms with E-state index in [0.29, 0.717) is 6.07 Å². The molecule has 3 rings (SSSR count). The molecule has 2 aromatic rings. The standard InChI is InChI=1S/C17H15F3N2O3S/c18-12-2-1-3-14(10-12)26(24,25)22-8-6-21(7-9-22)17(23)15-5-4-13(19)11-16(15)20/h1-5,10-11H,6-9H2. The van der Waals surface area contributed by atoms with Crippen LogP contribution in [0, 0.1) is 17.5 Å². The Morgan fingerprint density at radius 1 is 0.885 bits per heavy atom. The predicted octanol–water partition coefficient (Wildman–Crippen LogP) is 2.25. The molecule has 1 saturated heterocycles. The van der Waals surface area contributed by atoms with Gasteiger partial charge < -0.3 is 4.90 Å². The Hall–Kier alpha value is -2.39. The van der Waals surface area contributed by atoms with Gasteiger partial charge in [-0.25, -0.2) is 21.6 Å². The molecule has 2 aromatic carbocycles. The molecule has 1 amide bonds.